The number of nitrogen functional groups attached to an aromatic ring is 1. The number of piperazine rings is 1. The van der Waals surface area contributed by atoms with Crippen LogP contribution in [0.5, 0.6) is 17.2 Å². The molecule has 0 bridgehead atoms. The third-order valence-electron chi connectivity index (χ3n) is 5.31. The third kappa shape index (κ3) is 4.72. The number of anilines is 2. The number of rotatable bonds is 8. The Morgan fingerprint density at radius 3 is 2.37 bits per heavy atom. The minimum Gasteiger partial charge on any atom is -0.495 e. The first-order chi connectivity index (χ1) is 14.6. The lowest BCUT2D eigenvalue weighted by molar-refractivity contribution is 0.0747. The average Bonchev–Trinajstić information content (AvgIpc) is 2.79. The molecule has 2 aromatic rings. The highest BCUT2D eigenvalue weighted by atomic mass is 16.5. The number of carbonyl (C=O) groups excluding carboxylic acids is 1. The molecule has 0 aromatic heterocycles. The van der Waals surface area contributed by atoms with Crippen molar-refractivity contribution in [3.63, 3.8) is 0 Å². The maximum atomic E-state index is 13.1. The van der Waals surface area contributed by atoms with E-state index >= 15 is 0 Å². The van der Waals surface area contributed by atoms with Gasteiger partial charge in [0.2, 0.25) is 0 Å². The van der Waals surface area contributed by atoms with E-state index in [9.17, 15) is 4.79 Å². The first-order valence-electron chi connectivity index (χ1n) is 10.4. The fraction of sp³-hybridized carbons (Fsp3) is 0.435. The Labute approximate surface area is 178 Å². The van der Waals surface area contributed by atoms with E-state index in [1.165, 1.54) is 0 Å². The van der Waals surface area contributed by atoms with Gasteiger partial charge in [-0.05, 0) is 24.6 Å². The Hall–Kier alpha value is -3.09. The molecule has 0 radical (unpaired) electrons. The number of nitrogens with two attached hydrogens (primary N) is 1. The van der Waals surface area contributed by atoms with Crippen LogP contribution in [0.3, 0.4) is 0 Å². The summed E-state index contributed by atoms with van der Waals surface area (Å²) < 4.78 is 16.7. The van der Waals surface area contributed by atoms with Gasteiger partial charge in [0.15, 0.2) is 11.5 Å². The Morgan fingerprint density at radius 1 is 1.00 bits per heavy atom. The molecule has 1 aliphatic rings. The van der Waals surface area contributed by atoms with Crippen LogP contribution < -0.4 is 24.8 Å². The molecule has 2 aromatic carbocycles. The molecule has 2 N–H and O–H groups in total. The van der Waals surface area contributed by atoms with Gasteiger partial charge in [-0.15, -0.1) is 0 Å². The van der Waals surface area contributed by atoms with Crippen LogP contribution >= 0.6 is 0 Å². The number of ether oxygens (including phenoxy) is 3. The number of para-hydroxylation sites is 2. The van der Waals surface area contributed by atoms with E-state index in [1.54, 1.807) is 26.4 Å². The minimum atomic E-state index is -0.0921. The van der Waals surface area contributed by atoms with E-state index < -0.39 is 0 Å². The molecule has 7 heteroatoms. The number of nitrogens with zero attached hydrogens (tertiary/aromatic N) is 2. The third-order valence-corrected chi connectivity index (χ3v) is 5.31. The van der Waals surface area contributed by atoms with E-state index in [4.69, 9.17) is 19.9 Å². The summed E-state index contributed by atoms with van der Waals surface area (Å²) in [4.78, 5) is 17.2. The summed E-state index contributed by atoms with van der Waals surface area (Å²) in [5, 5.41) is 0. The van der Waals surface area contributed by atoms with Gasteiger partial charge in [-0.25, -0.2) is 0 Å². The second kappa shape index (κ2) is 10.1. The van der Waals surface area contributed by atoms with E-state index in [-0.39, 0.29) is 5.91 Å². The molecular weight excluding hydrogens is 382 g/mol. The highest BCUT2D eigenvalue weighted by molar-refractivity contribution is 6.00. The van der Waals surface area contributed by atoms with Crippen LogP contribution in [0.1, 0.15) is 30.1 Å². The van der Waals surface area contributed by atoms with Gasteiger partial charge in [0.1, 0.15) is 5.75 Å². The van der Waals surface area contributed by atoms with Crippen LogP contribution in [0.4, 0.5) is 11.4 Å². The van der Waals surface area contributed by atoms with Gasteiger partial charge >= 0.3 is 0 Å². The van der Waals surface area contributed by atoms with E-state index in [2.05, 4.69) is 11.8 Å². The van der Waals surface area contributed by atoms with Gasteiger partial charge < -0.3 is 29.7 Å². The van der Waals surface area contributed by atoms with E-state index in [0.717, 1.165) is 37.4 Å². The smallest absolute Gasteiger partial charge is 0.256 e. The Kier molecular flexibility index (Phi) is 7.27. The minimum absolute atomic E-state index is 0.0921. The van der Waals surface area contributed by atoms with Crippen molar-refractivity contribution in [2.75, 3.05) is 57.6 Å². The number of hydrogen-bond donors (Lipinski definition) is 1. The lowest BCUT2D eigenvalue weighted by Gasteiger charge is -2.36. The van der Waals surface area contributed by atoms with E-state index in [1.807, 2.05) is 29.2 Å². The monoisotopic (exact) mass is 413 g/mol. The molecule has 0 spiro atoms. The molecule has 3 rings (SSSR count). The highest BCUT2D eigenvalue weighted by Crippen LogP contribution is 2.34. The molecular formula is C23H31N3O4. The van der Waals surface area contributed by atoms with Gasteiger partial charge in [-0.2, -0.15) is 0 Å². The van der Waals surface area contributed by atoms with Crippen molar-refractivity contribution in [1.29, 1.82) is 0 Å². The van der Waals surface area contributed by atoms with E-state index in [0.29, 0.717) is 42.4 Å². The fourth-order valence-corrected chi connectivity index (χ4v) is 3.57. The van der Waals surface area contributed by atoms with Crippen LogP contribution in [-0.2, 0) is 0 Å². The molecule has 1 amide bonds. The van der Waals surface area contributed by atoms with Crippen LogP contribution in [-0.4, -0.2) is 57.8 Å². The summed E-state index contributed by atoms with van der Waals surface area (Å²) in [5.41, 5.74) is 8.09. The van der Waals surface area contributed by atoms with Crippen LogP contribution in [0.15, 0.2) is 36.4 Å². The fourth-order valence-electron chi connectivity index (χ4n) is 3.57. The highest BCUT2D eigenvalue weighted by Gasteiger charge is 2.26. The molecule has 1 heterocycles. The molecule has 0 aliphatic carbocycles. The molecule has 1 fully saturated rings. The first-order valence-corrected chi connectivity index (χ1v) is 10.4. The lowest BCUT2D eigenvalue weighted by Crippen LogP contribution is -2.49. The molecule has 0 atom stereocenters. The Morgan fingerprint density at radius 2 is 1.70 bits per heavy atom. The van der Waals surface area contributed by atoms with Crippen molar-refractivity contribution in [3.05, 3.63) is 42.0 Å². The zero-order chi connectivity index (χ0) is 21.5. The second-order valence-corrected chi connectivity index (χ2v) is 7.24. The van der Waals surface area contributed by atoms with Crippen molar-refractivity contribution in [3.8, 4) is 17.2 Å². The van der Waals surface area contributed by atoms with Gasteiger partial charge in [0.05, 0.1) is 32.1 Å². The molecule has 0 unspecified atom stereocenters. The first kappa shape index (κ1) is 21.6. The maximum absolute atomic E-state index is 13.1. The molecule has 1 aliphatic heterocycles. The number of benzene rings is 2. The molecule has 0 saturated carbocycles. The predicted octanol–water partition coefficient (Wildman–Crippen LogP) is 3.43. The topological polar surface area (TPSA) is 77.3 Å². The summed E-state index contributed by atoms with van der Waals surface area (Å²) in [6, 6.07) is 11.3. The SMILES string of the molecule is CCCCOc1cc(N)c(C(=O)N2CCN(c3ccccc3OC)CC2)cc1OC. The lowest BCUT2D eigenvalue weighted by atomic mass is 10.1. The zero-order valence-electron chi connectivity index (χ0n) is 18.0. The van der Waals surface area contributed by atoms with Crippen molar-refractivity contribution in [2.24, 2.45) is 0 Å². The number of carbonyl (C=O) groups is 1. The number of unbranched alkanes of at least 4 members (excludes halogenated alkanes) is 1. The standard InChI is InChI=1S/C23H31N3O4/c1-4-5-14-30-22-16-18(24)17(15-21(22)29-3)23(27)26-12-10-25(11-13-26)19-8-6-7-9-20(19)28-2/h6-9,15-16H,4-5,10-14,24H2,1-3H3. The molecule has 1 saturated heterocycles. The largest absolute Gasteiger partial charge is 0.495 e. The van der Waals surface area contributed by atoms with Crippen molar-refractivity contribution in [2.45, 2.75) is 19.8 Å². The molecule has 7 nitrogen and oxygen atoms in total. The van der Waals surface area contributed by atoms with Crippen LogP contribution in [0, 0.1) is 0 Å². The van der Waals surface area contributed by atoms with Gasteiger partial charge in [0.25, 0.3) is 5.91 Å². The van der Waals surface area contributed by atoms with Crippen LogP contribution in [0.2, 0.25) is 0 Å². The van der Waals surface area contributed by atoms with Crippen LogP contribution in [0.25, 0.3) is 0 Å². The van der Waals surface area contributed by atoms with Gasteiger partial charge in [0, 0.05) is 37.9 Å². The number of methoxy groups -OCH3 is 2. The molecule has 30 heavy (non-hydrogen) atoms. The quantitative estimate of drug-likeness (QED) is 0.528. The Balaban J connectivity index is 1.70. The van der Waals surface area contributed by atoms with Gasteiger partial charge in [-0.1, -0.05) is 25.5 Å². The maximum Gasteiger partial charge on any atom is 0.256 e. The zero-order valence-corrected chi connectivity index (χ0v) is 18.0. The van der Waals surface area contributed by atoms with Crippen molar-refractivity contribution >= 4 is 17.3 Å². The average molecular weight is 414 g/mol. The Bertz CT molecular complexity index is 864. The normalized spacial score (nSPS) is 13.8. The predicted molar refractivity (Wildman–Crippen MR) is 119 cm³/mol. The summed E-state index contributed by atoms with van der Waals surface area (Å²) >= 11 is 0. The summed E-state index contributed by atoms with van der Waals surface area (Å²) in [5.74, 6) is 1.84. The number of hydrogen-bond acceptors (Lipinski definition) is 6. The van der Waals surface area contributed by atoms with Crippen molar-refractivity contribution in [1.82, 2.24) is 4.90 Å². The summed E-state index contributed by atoms with van der Waals surface area (Å²) in [7, 11) is 3.24. The van der Waals surface area contributed by atoms with Crippen molar-refractivity contribution < 1.29 is 19.0 Å². The van der Waals surface area contributed by atoms with Gasteiger partial charge in [-0.3, -0.25) is 4.79 Å². The second-order valence-electron chi connectivity index (χ2n) is 7.24. The summed E-state index contributed by atoms with van der Waals surface area (Å²) in [6.07, 6.45) is 1.98. The summed E-state index contributed by atoms with van der Waals surface area (Å²) in [6.45, 7) is 5.35. The molecule has 162 valence electrons. The number of amides is 1.